The highest BCUT2D eigenvalue weighted by Crippen LogP contribution is 2.24. The number of Topliss-reactive ketones (excluding diaryl/α,β-unsaturated/α-hetero) is 1. The van der Waals surface area contributed by atoms with Gasteiger partial charge in [0.05, 0.1) is 17.8 Å². The fourth-order valence-corrected chi connectivity index (χ4v) is 3.06. The fraction of sp³-hybridized carbons (Fsp3) is 0.353. The monoisotopic (exact) mass is 358 g/mol. The molecule has 0 spiro atoms. The van der Waals surface area contributed by atoms with E-state index in [0.29, 0.717) is 25.4 Å². The first-order valence-corrected chi connectivity index (χ1v) is 8.21. The van der Waals surface area contributed by atoms with E-state index in [-0.39, 0.29) is 11.6 Å². The lowest BCUT2D eigenvalue weighted by atomic mass is 9.92. The highest BCUT2D eigenvalue weighted by atomic mass is 19.1. The summed E-state index contributed by atoms with van der Waals surface area (Å²) in [6.45, 7) is 1.44. The van der Waals surface area contributed by atoms with Gasteiger partial charge in [0.25, 0.3) is 11.8 Å². The summed E-state index contributed by atoms with van der Waals surface area (Å²) in [6.07, 6.45) is 0.305. The summed E-state index contributed by atoms with van der Waals surface area (Å²) in [6, 6.07) is 5.10. The highest BCUT2D eigenvalue weighted by molar-refractivity contribution is 6.67. The average molecular weight is 358 g/mol. The molecule has 134 valence electrons. The van der Waals surface area contributed by atoms with E-state index in [2.05, 4.69) is 10.3 Å². The molecule has 0 aromatic heterocycles. The number of ketones is 1. The molecule has 4 rings (SSSR count). The second-order valence-electron chi connectivity index (χ2n) is 6.30. The van der Waals surface area contributed by atoms with E-state index in [1.54, 1.807) is 0 Å². The van der Waals surface area contributed by atoms with E-state index >= 15 is 0 Å². The number of halogens is 1. The topological polar surface area (TPSA) is 91.6 Å². The molecule has 9 heteroatoms. The Labute approximate surface area is 147 Å². The van der Waals surface area contributed by atoms with Gasteiger partial charge >= 0.3 is 0 Å². The lowest BCUT2D eigenvalue weighted by molar-refractivity contribution is -0.130. The molecule has 0 radical (unpaired) electrons. The van der Waals surface area contributed by atoms with E-state index in [9.17, 15) is 18.8 Å². The molecule has 0 unspecified atom stereocenters. The van der Waals surface area contributed by atoms with Gasteiger partial charge in [-0.2, -0.15) is 10.1 Å². The van der Waals surface area contributed by atoms with Crippen molar-refractivity contribution in [1.29, 1.82) is 0 Å². The smallest absolute Gasteiger partial charge is 0.278 e. The third kappa shape index (κ3) is 2.85. The van der Waals surface area contributed by atoms with E-state index in [0.717, 1.165) is 17.1 Å². The lowest BCUT2D eigenvalue weighted by Gasteiger charge is -2.39. The molecule has 0 atom stereocenters. The SMILES string of the molecule is O=C1CC(=O)N(c2ccc(F)cc2)N=C1C(=O)N1CC(C2=NOCC2)C1. The van der Waals surface area contributed by atoms with E-state index in [4.69, 9.17) is 4.84 Å². The van der Waals surface area contributed by atoms with Gasteiger partial charge in [0.1, 0.15) is 12.4 Å². The van der Waals surface area contributed by atoms with Crippen LogP contribution in [0, 0.1) is 11.7 Å². The third-order valence-corrected chi connectivity index (χ3v) is 4.56. The Kier molecular flexibility index (Phi) is 3.98. The normalized spacial score (nSPS) is 20.5. The number of anilines is 1. The molecule has 1 saturated heterocycles. The quantitative estimate of drug-likeness (QED) is 0.745. The zero-order chi connectivity index (χ0) is 18.3. The van der Waals surface area contributed by atoms with Gasteiger partial charge in [-0.05, 0) is 24.3 Å². The van der Waals surface area contributed by atoms with Gasteiger partial charge in [-0.3, -0.25) is 14.4 Å². The van der Waals surface area contributed by atoms with Crippen LogP contribution in [0.15, 0.2) is 34.5 Å². The summed E-state index contributed by atoms with van der Waals surface area (Å²) in [7, 11) is 0. The molecule has 0 bridgehead atoms. The second kappa shape index (κ2) is 6.32. The van der Waals surface area contributed by atoms with Crippen molar-refractivity contribution in [2.75, 3.05) is 24.7 Å². The van der Waals surface area contributed by atoms with Crippen LogP contribution in [0.25, 0.3) is 0 Å². The maximum absolute atomic E-state index is 13.1. The number of hydrazone groups is 1. The number of hydrogen-bond donors (Lipinski definition) is 0. The van der Waals surface area contributed by atoms with Crippen LogP contribution in [0.4, 0.5) is 10.1 Å². The summed E-state index contributed by atoms with van der Waals surface area (Å²) >= 11 is 0. The molecule has 26 heavy (non-hydrogen) atoms. The molecule has 2 amide bonds. The molecule has 3 aliphatic heterocycles. The van der Waals surface area contributed by atoms with Gasteiger partial charge < -0.3 is 9.74 Å². The first kappa shape index (κ1) is 16.4. The number of benzene rings is 1. The predicted octanol–water partition coefficient (Wildman–Crippen LogP) is 0.722. The summed E-state index contributed by atoms with van der Waals surface area (Å²) in [5.74, 6) is -2.00. The first-order valence-electron chi connectivity index (χ1n) is 8.21. The molecular weight excluding hydrogens is 343 g/mol. The van der Waals surface area contributed by atoms with Gasteiger partial charge in [-0.25, -0.2) is 4.39 Å². The van der Waals surface area contributed by atoms with E-state index in [1.807, 2.05) is 0 Å². The number of nitrogens with zero attached hydrogens (tertiary/aromatic N) is 4. The standard InChI is InChI=1S/C17H15FN4O4/c18-11-1-3-12(4-2-11)22-15(24)7-14(23)16(19-22)17(25)21-8-10(9-21)13-5-6-26-20-13/h1-4,10H,5-9H2. The number of oxime groups is 1. The average Bonchev–Trinajstić information content (AvgIpc) is 3.08. The summed E-state index contributed by atoms with van der Waals surface area (Å²) in [4.78, 5) is 43.3. The Morgan fingerprint density at radius 2 is 1.92 bits per heavy atom. The van der Waals surface area contributed by atoms with Crippen molar-refractivity contribution in [2.24, 2.45) is 16.2 Å². The largest absolute Gasteiger partial charge is 0.395 e. The third-order valence-electron chi connectivity index (χ3n) is 4.56. The number of amides is 2. The molecular formula is C17H15FN4O4. The van der Waals surface area contributed by atoms with Gasteiger partial charge in [0, 0.05) is 25.4 Å². The molecule has 0 N–H and O–H groups in total. The molecule has 1 aromatic rings. The summed E-state index contributed by atoms with van der Waals surface area (Å²) in [5, 5.41) is 8.87. The van der Waals surface area contributed by atoms with E-state index < -0.39 is 29.8 Å². The Morgan fingerprint density at radius 3 is 2.58 bits per heavy atom. The maximum atomic E-state index is 13.1. The van der Waals surface area contributed by atoms with Crippen molar-refractivity contribution in [3.8, 4) is 0 Å². The predicted molar refractivity (Wildman–Crippen MR) is 89.0 cm³/mol. The van der Waals surface area contributed by atoms with Gasteiger partial charge in [0.2, 0.25) is 0 Å². The van der Waals surface area contributed by atoms with Crippen LogP contribution >= 0.6 is 0 Å². The van der Waals surface area contributed by atoms with Crippen LogP contribution in [-0.2, 0) is 19.2 Å². The van der Waals surface area contributed by atoms with Gasteiger partial charge in [-0.1, -0.05) is 5.16 Å². The van der Waals surface area contributed by atoms with Crippen molar-refractivity contribution >= 4 is 34.7 Å². The molecule has 3 aliphatic rings. The number of carbonyl (C=O) groups is 3. The number of rotatable bonds is 3. The molecule has 0 saturated carbocycles. The fourth-order valence-electron chi connectivity index (χ4n) is 3.06. The van der Waals surface area contributed by atoms with Crippen molar-refractivity contribution < 1.29 is 23.6 Å². The van der Waals surface area contributed by atoms with Crippen LogP contribution < -0.4 is 5.01 Å². The Bertz CT molecular complexity index is 843. The molecule has 1 aromatic carbocycles. The maximum Gasteiger partial charge on any atom is 0.278 e. The van der Waals surface area contributed by atoms with Crippen molar-refractivity contribution in [3.63, 3.8) is 0 Å². The minimum Gasteiger partial charge on any atom is -0.395 e. The Hall–Kier alpha value is -3.10. The zero-order valence-electron chi connectivity index (χ0n) is 13.7. The number of hydrogen-bond acceptors (Lipinski definition) is 6. The van der Waals surface area contributed by atoms with Crippen molar-refractivity contribution in [1.82, 2.24) is 4.90 Å². The van der Waals surface area contributed by atoms with Crippen molar-refractivity contribution in [3.05, 3.63) is 30.1 Å². The van der Waals surface area contributed by atoms with Crippen LogP contribution in [0.1, 0.15) is 12.8 Å². The second-order valence-corrected chi connectivity index (χ2v) is 6.30. The minimum absolute atomic E-state index is 0.135. The van der Waals surface area contributed by atoms with Gasteiger partial charge in [-0.15, -0.1) is 0 Å². The molecule has 8 nitrogen and oxygen atoms in total. The van der Waals surface area contributed by atoms with Crippen LogP contribution in [0.5, 0.6) is 0 Å². The van der Waals surface area contributed by atoms with Crippen LogP contribution in [0.2, 0.25) is 0 Å². The van der Waals surface area contributed by atoms with Crippen molar-refractivity contribution in [2.45, 2.75) is 12.8 Å². The minimum atomic E-state index is -0.608. The first-order chi connectivity index (χ1) is 12.5. The highest BCUT2D eigenvalue weighted by Gasteiger charge is 2.41. The Morgan fingerprint density at radius 1 is 1.19 bits per heavy atom. The number of likely N-dealkylation sites (tertiary alicyclic amines) is 1. The molecule has 3 heterocycles. The lowest BCUT2D eigenvalue weighted by Crippen LogP contribution is -2.57. The van der Waals surface area contributed by atoms with Gasteiger partial charge in [0.15, 0.2) is 11.5 Å². The summed E-state index contributed by atoms with van der Waals surface area (Å²) < 4.78 is 13.1. The van der Waals surface area contributed by atoms with Crippen LogP contribution in [0.3, 0.4) is 0 Å². The zero-order valence-corrected chi connectivity index (χ0v) is 13.7. The number of carbonyl (C=O) groups excluding carboxylic acids is 3. The van der Waals surface area contributed by atoms with E-state index in [1.165, 1.54) is 29.2 Å². The molecule has 0 aliphatic carbocycles. The summed E-state index contributed by atoms with van der Waals surface area (Å²) in [5.41, 5.74) is 0.944. The Balaban J connectivity index is 1.51. The van der Waals surface area contributed by atoms with Crippen LogP contribution in [-0.4, -0.2) is 53.6 Å². The molecule has 1 fully saturated rings.